The van der Waals surface area contributed by atoms with Gasteiger partial charge in [0.25, 0.3) is 5.91 Å². The van der Waals surface area contributed by atoms with Crippen molar-refractivity contribution in [1.82, 2.24) is 35.0 Å². The fraction of sp³-hybridized carbons (Fsp3) is 0.410. The molecule has 15 heteroatoms. The number of pyridine rings is 1. The number of halogens is 3. The number of amides is 3. The zero-order valence-electron chi connectivity index (χ0n) is 30.5. The molecule has 3 aliphatic rings. The van der Waals surface area contributed by atoms with Gasteiger partial charge in [-0.1, -0.05) is 35.3 Å². The highest BCUT2D eigenvalue weighted by atomic mass is 35.5. The van der Waals surface area contributed by atoms with Crippen molar-refractivity contribution in [3.05, 3.63) is 81.2 Å². The van der Waals surface area contributed by atoms with E-state index >= 15 is 4.39 Å². The summed E-state index contributed by atoms with van der Waals surface area (Å²) in [6, 6.07) is 10.4. The maximum Gasteiger partial charge on any atom is 0.291 e. The van der Waals surface area contributed by atoms with Gasteiger partial charge >= 0.3 is 0 Å². The summed E-state index contributed by atoms with van der Waals surface area (Å²) in [5.41, 5.74) is 4.51. The van der Waals surface area contributed by atoms with E-state index in [1.165, 1.54) is 13.2 Å². The standard InChI is InChI=1S/C39H43Cl2FN8O4/c1-22(51)49-14-10-25(11-15-49)50-16-12-32-31(21-50)46-38(48(32)2)39(53)47-30-6-4-5-26(35(30)40)27-9-13-44-37(36(27)41)23-17-29(42)28(33(18-23)54-3)20-43-19-24-7-8-34(52)45-24/h4-6,9,13,17-18,24-25,43H,7-8,10-12,14-16,19-21H2,1-3H3,(H,45,52)(H,47,53). The van der Waals surface area contributed by atoms with E-state index in [2.05, 4.69) is 25.8 Å². The topological polar surface area (TPSA) is 134 Å². The van der Waals surface area contributed by atoms with E-state index in [0.717, 1.165) is 56.7 Å². The Bertz CT molecular complexity index is 2100. The maximum absolute atomic E-state index is 15.6. The first kappa shape index (κ1) is 37.7. The summed E-state index contributed by atoms with van der Waals surface area (Å²) in [5, 5.41) is 9.58. The summed E-state index contributed by atoms with van der Waals surface area (Å²) >= 11 is 13.9. The van der Waals surface area contributed by atoms with E-state index in [1.54, 1.807) is 43.5 Å². The van der Waals surface area contributed by atoms with Crippen LogP contribution < -0.4 is 20.7 Å². The Morgan fingerprint density at radius 1 is 1.06 bits per heavy atom. The number of likely N-dealkylation sites (tertiary alicyclic amines) is 1. The number of aromatic nitrogens is 3. The predicted molar refractivity (Wildman–Crippen MR) is 205 cm³/mol. The third-order valence-corrected chi connectivity index (χ3v) is 11.6. The third-order valence-electron chi connectivity index (χ3n) is 10.8. The Morgan fingerprint density at radius 3 is 2.56 bits per heavy atom. The molecule has 54 heavy (non-hydrogen) atoms. The van der Waals surface area contributed by atoms with E-state index in [0.29, 0.717) is 70.8 Å². The number of imidazole rings is 1. The van der Waals surface area contributed by atoms with Crippen LogP contribution in [0, 0.1) is 5.82 Å². The molecule has 3 aliphatic heterocycles. The summed E-state index contributed by atoms with van der Waals surface area (Å²) in [7, 11) is 3.33. The highest BCUT2D eigenvalue weighted by Crippen LogP contribution is 2.42. The van der Waals surface area contributed by atoms with Gasteiger partial charge in [0.15, 0.2) is 5.82 Å². The number of anilines is 1. The molecule has 1 unspecified atom stereocenters. The highest BCUT2D eigenvalue weighted by molar-refractivity contribution is 6.39. The molecule has 4 aromatic rings. The third kappa shape index (κ3) is 7.68. The minimum Gasteiger partial charge on any atom is -0.496 e. The summed E-state index contributed by atoms with van der Waals surface area (Å²) in [4.78, 5) is 50.6. The zero-order valence-corrected chi connectivity index (χ0v) is 32.0. The first-order valence-corrected chi connectivity index (χ1v) is 18.9. The largest absolute Gasteiger partial charge is 0.496 e. The van der Waals surface area contributed by atoms with Crippen molar-refractivity contribution < 1.29 is 23.5 Å². The van der Waals surface area contributed by atoms with Crippen LogP contribution in [-0.2, 0) is 36.1 Å². The van der Waals surface area contributed by atoms with Gasteiger partial charge in [-0.3, -0.25) is 24.3 Å². The van der Waals surface area contributed by atoms with E-state index < -0.39 is 5.82 Å². The molecule has 0 aliphatic carbocycles. The van der Waals surface area contributed by atoms with Gasteiger partial charge in [-0.15, -0.1) is 0 Å². The zero-order chi connectivity index (χ0) is 38.1. The lowest BCUT2D eigenvalue weighted by atomic mass is 10.00. The van der Waals surface area contributed by atoms with Crippen LogP contribution in [0.25, 0.3) is 22.4 Å². The molecule has 0 spiro atoms. The summed E-state index contributed by atoms with van der Waals surface area (Å²) in [5.74, 6) is -0.117. The van der Waals surface area contributed by atoms with Crippen LogP contribution in [0.15, 0.2) is 42.6 Å². The fourth-order valence-electron chi connectivity index (χ4n) is 7.78. The Hall–Kier alpha value is -4.56. The van der Waals surface area contributed by atoms with Gasteiger partial charge in [-0.05, 0) is 43.5 Å². The second-order valence-corrected chi connectivity index (χ2v) is 14.8. The first-order valence-electron chi connectivity index (χ1n) is 18.2. The van der Waals surface area contributed by atoms with Crippen molar-refractivity contribution >= 4 is 46.6 Å². The molecule has 1 atom stereocenters. The maximum atomic E-state index is 15.6. The molecule has 0 saturated carbocycles. The van der Waals surface area contributed by atoms with Crippen LogP contribution in [0.4, 0.5) is 10.1 Å². The van der Waals surface area contributed by atoms with Crippen molar-refractivity contribution in [3.8, 4) is 28.1 Å². The van der Waals surface area contributed by atoms with Crippen molar-refractivity contribution in [3.63, 3.8) is 0 Å². The highest BCUT2D eigenvalue weighted by Gasteiger charge is 2.32. The molecule has 2 saturated heterocycles. The van der Waals surface area contributed by atoms with Gasteiger partial charge in [0.2, 0.25) is 11.8 Å². The van der Waals surface area contributed by atoms with E-state index in [4.69, 9.17) is 32.9 Å². The van der Waals surface area contributed by atoms with Gasteiger partial charge in [0.05, 0.1) is 34.2 Å². The number of nitrogens with zero attached hydrogens (tertiary/aromatic N) is 5. The number of fused-ring (bicyclic) bond motifs is 1. The Morgan fingerprint density at radius 2 is 1.83 bits per heavy atom. The molecular formula is C39H43Cl2FN8O4. The Balaban J connectivity index is 1.07. The van der Waals surface area contributed by atoms with Gasteiger partial charge in [0, 0.05) is 112 Å². The van der Waals surface area contributed by atoms with E-state index in [9.17, 15) is 14.4 Å². The molecule has 0 radical (unpaired) electrons. The number of rotatable bonds is 10. The van der Waals surface area contributed by atoms with Gasteiger partial charge in [-0.2, -0.15) is 0 Å². The second kappa shape index (κ2) is 16.0. The van der Waals surface area contributed by atoms with Crippen molar-refractivity contribution in [1.29, 1.82) is 0 Å². The van der Waals surface area contributed by atoms with Crippen molar-refractivity contribution in [2.24, 2.45) is 7.05 Å². The molecule has 0 bridgehead atoms. The average Bonchev–Trinajstić information content (AvgIpc) is 3.74. The smallest absolute Gasteiger partial charge is 0.291 e. The molecular weight excluding hydrogens is 734 g/mol. The van der Waals surface area contributed by atoms with Crippen molar-refractivity contribution in [2.75, 3.05) is 38.6 Å². The van der Waals surface area contributed by atoms with Crippen LogP contribution in [0.2, 0.25) is 10.0 Å². The predicted octanol–water partition coefficient (Wildman–Crippen LogP) is 5.59. The number of methoxy groups -OCH3 is 1. The van der Waals surface area contributed by atoms with E-state index in [1.807, 2.05) is 16.5 Å². The van der Waals surface area contributed by atoms with Gasteiger partial charge in [0.1, 0.15) is 11.6 Å². The molecule has 2 aromatic heterocycles. The van der Waals surface area contributed by atoms with Crippen LogP contribution in [0.5, 0.6) is 5.75 Å². The lowest BCUT2D eigenvalue weighted by Gasteiger charge is -2.39. The molecule has 12 nitrogen and oxygen atoms in total. The quantitative estimate of drug-likeness (QED) is 0.190. The van der Waals surface area contributed by atoms with E-state index in [-0.39, 0.29) is 40.4 Å². The van der Waals surface area contributed by atoms with Crippen LogP contribution in [0.1, 0.15) is 60.2 Å². The molecule has 3 amide bonds. The molecule has 5 heterocycles. The lowest BCUT2D eigenvalue weighted by molar-refractivity contribution is -0.130. The van der Waals surface area contributed by atoms with Gasteiger partial charge in [-0.25, -0.2) is 9.37 Å². The van der Waals surface area contributed by atoms with Crippen LogP contribution >= 0.6 is 23.2 Å². The number of piperidine rings is 1. The normalized spacial score (nSPS) is 17.7. The average molecular weight is 778 g/mol. The number of ether oxygens (including phenoxy) is 1. The summed E-state index contributed by atoms with van der Waals surface area (Å²) in [6.07, 6.45) is 5.42. The number of hydrogen-bond donors (Lipinski definition) is 3. The first-order chi connectivity index (χ1) is 26.0. The van der Waals surface area contributed by atoms with Gasteiger partial charge < -0.3 is 30.2 Å². The van der Waals surface area contributed by atoms with Crippen LogP contribution in [-0.4, -0.2) is 87.4 Å². The number of carbonyl (C=O) groups is 3. The second-order valence-electron chi connectivity index (χ2n) is 14.1. The molecule has 7 rings (SSSR count). The number of carbonyl (C=O) groups excluding carboxylic acids is 3. The lowest BCUT2D eigenvalue weighted by Crippen LogP contribution is -2.47. The molecule has 284 valence electrons. The number of benzene rings is 2. The number of hydrogen-bond acceptors (Lipinski definition) is 8. The summed E-state index contributed by atoms with van der Waals surface area (Å²) < 4.78 is 23.0. The number of nitrogens with one attached hydrogen (secondary N) is 3. The fourth-order valence-corrected chi connectivity index (χ4v) is 8.38. The minimum atomic E-state index is -0.489. The van der Waals surface area contributed by atoms with Crippen molar-refractivity contribution in [2.45, 2.75) is 64.2 Å². The SMILES string of the molecule is COc1cc(-c2nccc(-c3cccc(NC(=O)c4nc5c(n4C)CCN(C4CCN(C(C)=O)CC4)C5)c3Cl)c2Cl)cc(F)c1CNCC1CCC(=O)N1. The summed E-state index contributed by atoms with van der Waals surface area (Å²) in [6.45, 7) is 5.37. The monoisotopic (exact) mass is 776 g/mol. The Kier molecular flexibility index (Phi) is 11.2. The van der Waals surface area contributed by atoms with Crippen LogP contribution in [0.3, 0.4) is 0 Å². The molecule has 2 aromatic carbocycles. The molecule has 2 fully saturated rings. The Labute approximate surface area is 323 Å². The minimum absolute atomic E-state index is 0.0108. The molecule has 3 N–H and O–H groups in total.